The van der Waals surface area contributed by atoms with Gasteiger partial charge in [-0.05, 0) is 43.4 Å². The number of imidazole rings is 1. The molecular formula is C32H41Cl3N4O4. The number of carbonyl (C=O) groups is 2. The number of halogens is 3. The maximum absolute atomic E-state index is 12.3. The number of hydrogen-bond acceptors (Lipinski definition) is 6. The number of esters is 1. The molecule has 3 aromatic rings. The van der Waals surface area contributed by atoms with Crippen LogP contribution in [0.2, 0.25) is 15.1 Å². The Morgan fingerprint density at radius 3 is 2.33 bits per heavy atom. The van der Waals surface area contributed by atoms with E-state index in [9.17, 15) is 9.59 Å². The molecule has 0 spiro atoms. The first kappa shape index (κ1) is 34.7. The van der Waals surface area contributed by atoms with Crippen molar-refractivity contribution in [2.75, 3.05) is 39.4 Å². The number of aromatic nitrogens is 2. The minimum Gasteiger partial charge on any atom is -0.489 e. The lowest BCUT2D eigenvalue weighted by atomic mass is 9.92. The van der Waals surface area contributed by atoms with E-state index in [1.54, 1.807) is 29.4 Å². The summed E-state index contributed by atoms with van der Waals surface area (Å²) in [5.41, 5.74) is 1.31. The van der Waals surface area contributed by atoms with E-state index in [1.165, 1.54) is 16.5 Å². The van der Waals surface area contributed by atoms with Gasteiger partial charge in [0, 0.05) is 43.6 Å². The van der Waals surface area contributed by atoms with Crippen LogP contribution in [-0.4, -0.2) is 70.7 Å². The molecule has 2 unspecified atom stereocenters. The minimum atomic E-state index is -0.152. The molecule has 1 aliphatic rings. The van der Waals surface area contributed by atoms with Gasteiger partial charge in [-0.15, -0.1) is 0 Å². The monoisotopic (exact) mass is 650 g/mol. The Morgan fingerprint density at radius 2 is 1.72 bits per heavy atom. The molecule has 234 valence electrons. The summed E-state index contributed by atoms with van der Waals surface area (Å²) in [4.78, 5) is 32.4. The summed E-state index contributed by atoms with van der Waals surface area (Å²) in [6, 6.07) is 13.4. The Labute approximate surface area is 269 Å². The number of hydrogen-bond donors (Lipinski definition) is 0. The van der Waals surface area contributed by atoms with Crippen LogP contribution in [0.5, 0.6) is 5.75 Å². The molecule has 1 saturated heterocycles. The summed E-state index contributed by atoms with van der Waals surface area (Å²) in [6.45, 7) is 10.6. The highest BCUT2D eigenvalue weighted by Crippen LogP contribution is 2.35. The lowest BCUT2D eigenvalue weighted by Gasteiger charge is -2.22. The molecule has 1 fully saturated rings. The van der Waals surface area contributed by atoms with Crippen LogP contribution in [0.25, 0.3) is 0 Å². The molecule has 0 aliphatic carbocycles. The third kappa shape index (κ3) is 10.7. The Morgan fingerprint density at radius 1 is 1.00 bits per heavy atom. The molecule has 0 N–H and O–H groups in total. The molecular weight excluding hydrogens is 611 g/mol. The molecule has 2 atom stereocenters. The first-order valence-corrected chi connectivity index (χ1v) is 15.9. The van der Waals surface area contributed by atoms with Crippen LogP contribution < -0.4 is 4.74 Å². The molecule has 8 nitrogen and oxygen atoms in total. The van der Waals surface area contributed by atoms with Crippen molar-refractivity contribution in [1.82, 2.24) is 19.4 Å². The maximum Gasteiger partial charge on any atom is 0.329 e. The average molecular weight is 652 g/mol. The molecule has 0 saturated carbocycles. The van der Waals surface area contributed by atoms with Crippen LogP contribution in [0.15, 0.2) is 61.2 Å². The van der Waals surface area contributed by atoms with E-state index in [2.05, 4.69) is 41.1 Å². The number of likely N-dealkylation sites (tertiary alicyclic amines) is 1. The fraction of sp³-hybridized carbons (Fsp3) is 0.469. The predicted molar refractivity (Wildman–Crippen MR) is 172 cm³/mol. The third-order valence-electron chi connectivity index (χ3n) is 7.07. The van der Waals surface area contributed by atoms with Gasteiger partial charge in [-0.1, -0.05) is 85.4 Å². The minimum absolute atomic E-state index is 0.0125. The molecule has 11 heteroatoms. The lowest BCUT2D eigenvalue weighted by molar-refractivity contribution is -0.148. The van der Waals surface area contributed by atoms with Gasteiger partial charge in [0.1, 0.15) is 12.9 Å². The second kappa shape index (κ2) is 18.1. The largest absolute Gasteiger partial charge is 0.489 e. The van der Waals surface area contributed by atoms with Crippen LogP contribution in [0, 0.1) is 11.8 Å². The quantitative estimate of drug-likeness (QED) is 0.187. The maximum atomic E-state index is 12.3. The van der Waals surface area contributed by atoms with Crippen molar-refractivity contribution >= 4 is 46.8 Å². The molecule has 2 heterocycles. The van der Waals surface area contributed by atoms with Gasteiger partial charge in [0.15, 0.2) is 5.75 Å². The van der Waals surface area contributed by atoms with Gasteiger partial charge in [-0.2, -0.15) is 0 Å². The van der Waals surface area contributed by atoms with Gasteiger partial charge in [-0.3, -0.25) is 14.3 Å². The van der Waals surface area contributed by atoms with E-state index in [4.69, 9.17) is 44.3 Å². The van der Waals surface area contributed by atoms with Crippen molar-refractivity contribution in [1.29, 1.82) is 0 Å². The molecule has 1 amide bonds. The van der Waals surface area contributed by atoms with Crippen LogP contribution in [0.1, 0.15) is 45.6 Å². The van der Waals surface area contributed by atoms with Crippen molar-refractivity contribution in [3.8, 4) is 5.75 Å². The van der Waals surface area contributed by atoms with E-state index >= 15 is 0 Å². The van der Waals surface area contributed by atoms with Gasteiger partial charge in [0.05, 0.1) is 29.1 Å². The van der Waals surface area contributed by atoms with E-state index in [1.807, 2.05) is 19.9 Å². The van der Waals surface area contributed by atoms with E-state index < -0.39 is 0 Å². The fourth-order valence-electron chi connectivity index (χ4n) is 5.14. The molecule has 0 bridgehead atoms. The molecule has 4 rings (SSSR count). The highest BCUT2D eigenvalue weighted by molar-refractivity contribution is 6.40. The molecule has 0 radical (unpaired) electrons. The van der Waals surface area contributed by atoms with Crippen LogP contribution in [0.3, 0.4) is 0 Å². The fourth-order valence-corrected chi connectivity index (χ4v) is 6.07. The van der Waals surface area contributed by atoms with Crippen LogP contribution in [0.4, 0.5) is 4.79 Å². The zero-order chi connectivity index (χ0) is 31.2. The van der Waals surface area contributed by atoms with Gasteiger partial charge in [-0.25, -0.2) is 9.78 Å². The van der Waals surface area contributed by atoms with Crippen molar-refractivity contribution < 1.29 is 19.1 Å². The van der Waals surface area contributed by atoms with Gasteiger partial charge in [0.25, 0.3) is 0 Å². The molecule has 2 aromatic carbocycles. The van der Waals surface area contributed by atoms with Crippen molar-refractivity contribution in [3.63, 3.8) is 0 Å². The SMILES string of the molecule is CCCC1CN(Cc2ccccc2)CC1C(=O)OCC.CCCN(CCOc1c(Cl)cc(Cl)cc1Cl)C(=O)n1ccnc1. The van der Waals surface area contributed by atoms with E-state index in [0.29, 0.717) is 46.4 Å². The summed E-state index contributed by atoms with van der Waals surface area (Å²) < 4.78 is 12.3. The number of ether oxygens (including phenoxy) is 2. The summed E-state index contributed by atoms with van der Waals surface area (Å²) in [6.07, 6.45) is 7.71. The van der Waals surface area contributed by atoms with Gasteiger partial charge < -0.3 is 14.4 Å². The zero-order valence-corrected chi connectivity index (χ0v) is 27.3. The highest BCUT2D eigenvalue weighted by Gasteiger charge is 2.37. The van der Waals surface area contributed by atoms with Crippen molar-refractivity contribution in [3.05, 3.63) is 81.8 Å². The first-order valence-electron chi connectivity index (χ1n) is 14.7. The number of rotatable bonds is 12. The second-order valence-corrected chi connectivity index (χ2v) is 11.6. The summed E-state index contributed by atoms with van der Waals surface area (Å²) in [5.74, 6) is 0.854. The Kier molecular flexibility index (Phi) is 14.6. The van der Waals surface area contributed by atoms with Crippen LogP contribution in [-0.2, 0) is 16.1 Å². The molecule has 1 aliphatic heterocycles. The summed E-state index contributed by atoms with van der Waals surface area (Å²) in [5, 5.41) is 1.12. The summed E-state index contributed by atoms with van der Waals surface area (Å²) >= 11 is 18.0. The van der Waals surface area contributed by atoms with Crippen molar-refractivity contribution in [2.45, 2.75) is 46.6 Å². The number of nitrogens with zero attached hydrogens (tertiary/aromatic N) is 4. The van der Waals surface area contributed by atoms with Gasteiger partial charge >= 0.3 is 12.0 Å². The molecule has 1 aromatic heterocycles. The topological polar surface area (TPSA) is 76.9 Å². The Hall–Kier alpha value is -2.78. The average Bonchev–Trinajstić information content (AvgIpc) is 3.65. The normalized spacial score (nSPS) is 16.3. The third-order valence-corrected chi connectivity index (χ3v) is 7.85. The second-order valence-electron chi connectivity index (χ2n) is 10.4. The Bertz CT molecular complexity index is 1250. The van der Waals surface area contributed by atoms with E-state index in [-0.39, 0.29) is 24.5 Å². The smallest absolute Gasteiger partial charge is 0.329 e. The van der Waals surface area contributed by atoms with Crippen molar-refractivity contribution in [2.24, 2.45) is 11.8 Å². The number of benzene rings is 2. The first-order chi connectivity index (χ1) is 20.8. The summed E-state index contributed by atoms with van der Waals surface area (Å²) in [7, 11) is 0. The predicted octanol–water partition coefficient (Wildman–Crippen LogP) is 7.70. The molecule has 43 heavy (non-hydrogen) atoms. The zero-order valence-electron chi connectivity index (χ0n) is 25.1. The highest BCUT2D eigenvalue weighted by atomic mass is 35.5. The Balaban J connectivity index is 0.000000238. The standard InChI is InChI=1S/C17H25NO2.C15H16Cl3N3O2/c1-3-8-15-12-18(11-14-9-6-5-7-10-14)13-16(15)17(19)20-4-2;1-2-4-20(15(22)21-5-3-19-10-21)6-7-23-14-12(17)8-11(16)9-13(14)18/h5-7,9-10,15-16H,3-4,8,11-13H2,1-2H3;3,5,8-10H,2,4,6-7H2,1H3. The lowest BCUT2D eigenvalue weighted by Crippen LogP contribution is -2.37. The van der Waals surface area contributed by atoms with Crippen LogP contribution >= 0.6 is 34.8 Å². The number of carbonyl (C=O) groups excluding carboxylic acids is 2. The van der Waals surface area contributed by atoms with E-state index in [0.717, 1.165) is 38.9 Å². The number of amides is 1. The van der Waals surface area contributed by atoms with Gasteiger partial charge in [0.2, 0.25) is 0 Å².